The zero-order chi connectivity index (χ0) is 23.8. The van der Waals surface area contributed by atoms with Crippen LogP contribution in [0.5, 0.6) is 5.75 Å². The Morgan fingerprint density at radius 3 is 2.39 bits per heavy atom. The van der Waals surface area contributed by atoms with Crippen LogP contribution in [0.25, 0.3) is 10.2 Å². The van der Waals surface area contributed by atoms with Crippen LogP contribution < -0.4 is 15.4 Å². The summed E-state index contributed by atoms with van der Waals surface area (Å²) in [5.41, 5.74) is 1.29. The molecule has 2 aromatic carbocycles. The summed E-state index contributed by atoms with van der Waals surface area (Å²) in [6.45, 7) is 2.52. The molecule has 33 heavy (non-hydrogen) atoms. The zero-order valence-corrected chi connectivity index (χ0v) is 18.7. The van der Waals surface area contributed by atoms with Crippen LogP contribution in [0.4, 0.5) is 15.2 Å². The third kappa shape index (κ3) is 6.39. The number of rotatable bonds is 10. The highest BCUT2D eigenvalue weighted by atomic mass is 32.1. The molecule has 3 aromatic rings. The Hall–Kier alpha value is -3.73. The first-order valence-corrected chi connectivity index (χ1v) is 10.9. The predicted molar refractivity (Wildman–Crippen MR) is 120 cm³/mol. The zero-order valence-electron chi connectivity index (χ0n) is 17.9. The number of carbonyl (C=O) groups excluding carboxylic acids is 3. The van der Waals surface area contributed by atoms with Crippen molar-refractivity contribution in [2.45, 2.75) is 19.9 Å². The Morgan fingerprint density at radius 2 is 1.76 bits per heavy atom. The number of nitrogens with zero attached hydrogens (tertiary/aromatic N) is 1. The molecule has 0 fully saturated rings. The summed E-state index contributed by atoms with van der Waals surface area (Å²) in [5.74, 6) is -3.62. The Bertz CT molecular complexity index is 1100. The highest BCUT2D eigenvalue weighted by Crippen LogP contribution is 2.29. The molecule has 0 aliphatic heterocycles. The van der Waals surface area contributed by atoms with Crippen molar-refractivity contribution in [1.29, 1.82) is 0 Å². The van der Waals surface area contributed by atoms with Gasteiger partial charge in [-0.2, -0.15) is 0 Å². The third-order valence-electron chi connectivity index (χ3n) is 4.19. The first kappa shape index (κ1) is 23.9. The van der Waals surface area contributed by atoms with Crippen LogP contribution in [-0.2, 0) is 23.9 Å². The summed E-state index contributed by atoms with van der Waals surface area (Å²) in [6.07, 6.45) is 0. The van der Waals surface area contributed by atoms with Crippen LogP contribution in [0.3, 0.4) is 0 Å². The predicted octanol–water partition coefficient (Wildman–Crippen LogP) is 3.17. The molecule has 0 aliphatic rings. The molecule has 1 heterocycles. The molecular formula is C22H22FN3O6S. The molecule has 11 heteroatoms. The molecule has 0 saturated heterocycles. The summed E-state index contributed by atoms with van der Waals surface area (Å²) < 4.78 is 30.2. The second-order valence-corrected chi connectivity index (χ2v) is 7.58. The fourth-order valence-corrected chi connectivity index (χ4v) is 3.64. The second-order valence-electron chi connectivity index (χ2n) is 6.55. The minimum absolute atomic E-state index is 0.0176. The topological polar surface area (TPSA) is 116 Å². The quantitative estimate of drug-likeness (QED) is 0.339. The highest BCUT2D eigenvalue weighted by molar-refractivity contribution is 7.22. The average Bonchev–Trinajstić information content (AvgIpc) is 3.19. The lowest BCUT2D eigenvalue weighted by atomic mass is 10.3. The minimum Gasteiger partial charge on any atom is -0.481 e. The standard InChI is InChI=1S/C22H22FN3O6S/c1-3-30-20(28)19(21(29)31-4-2)26-18(27)12-32-16-10-9-13(11-14(16)23)24-22-25-15-7-5-6-8-17(15)33-22/h5-11,19H,3-4,12H2,1-2H3,(H,24,25)(H,26,27). The molecule has 0 radical (unpaired) electrons. The van der Waals surface area contributed by atoms with E-state index in [1.54, 1.807) is 19.9 Å². The van der Waals surface area contributed by atoms with Gasteiger partial charge in [0.05, 0.1) is 23.4 Å². The van der Waals surface area contributed by atoms with E-state index in [4.69, 9.17) is 14.2 Å². The lowest BCUT2D eigenvalue weighted by Gasteiger charge is -2.16. The van der Waals surface area contributed by atoms with Crippen molar-refractivity contribution < 1.29 is 33.0 Å². The van der Waals surface area contributed by atoms with Crippen LogP contribution in [0.1, 0.15) is 13.8 Å². The van der Waals surface area contributed by atoms with Crippen LogP contribution >= 0.6 is 11.3 Å². The molecule has 2 N–H and O–H groups in total. The van der Waals surface area contributed by atoms with Gasteiger partial charge in [-0.25, -0.2) is 19.0 Å². The number of carbonyl (C=O) groups is 3. The number of hydrogen-bond donors (Lipinski definition) is 2. The monoisotopic (exact) mass is 475 g/mol. The number of para-hydroxylation sites is 1. The van der Waals surface area contributed by atoms with Crippen molar-refractivity contribution in [2.24, 2.45) is 0 Å². The number of anilines is 2. The van der Waals surface area contributed by atoms with Gasteiger partial charge in [-0.3, -0.25) is 4.79 Å². The van der Waals surface area contributed by atoms with E-state index < -0.39 is 36.3 Å². The third-order valence-corrected chi connectivity index (χ3v) is 5.14. The van der Waals surface area contributed by atoms with Gasteiger partial charge in [-0.15, -0.1) is 0 Å². The molecule has 0 spiro atoms. The van der Waals surface area contributed by atoms with Gasteiger partial charge in [0.25, 0.3) is 5.91 Å². The number of halogens is 1. The molecule has 1 amide bonds. The van der Waals surface area contributed by atoms with Gasteiger partial charge in [0.15, 0.2) is 23.3 Å². The van der Waals surface area contributed by atoms with E-state index in [0.717, 1.165) is 10.2 Å². The van der Waals surface area contributed by atoms with E-state index >= 15 is 0 Å². The van der Waals surface area contributed by atoms with Crippen LogP contribution in [0.15, 0.2) is 42.5 Å². The Kier molecular flexibility index (Phi) is 8.14. The highest BCUT2D eigenvalue weighted by Gasteiger charge is 2.31. The number of benzene rings is 2. The SMILES string of the molecule is CCOC(=O)C(NC(=O)COc1ccc(Nc2nc3ccccc3s2)cc1F)C(=O)OCC. The number of aromatic nitrogens is 1. The van der Waals surface area contributed by atoms with Crippen LogP contribution in [0.2, 0.25) is 0 Å². The molecule has 1 aromatic heterocycles. The Morgan fingerprint density at radius 1 is 1.06 bits per heavy atom. The van der Waals surface area contributed by atoms with Crippen molar-refractivity contribution >= 4 is 50.2 Å². The smallest absolute Gasteiger partial charge is 0.340 e. The van der Waals surface area contributed by atoms with Gasteiger partial charge in [0.2, 0.25) is 6.04 Å². The second kappa shape index (κ2) is 11.2. The number of ether oxygens (including phenoxy) is 3. The summed E-state index contributed by atoms with van der Waals surface area (Å²) in [5, 5.41) is 5.81. The molecule has 0 saturated carbocycles. The average molecular weight is 475 g/mol. The van der Waals surface area contributed by atoms with Gasteiger partial charge < -0.3 is 24.8 Å². The molecule has 0 unspecified atom stereocenters. The maximum Gasteiger partial charge on any atom is 0.340 e. The van der Waals surface area contributed by atoms with Gasteiger partial charge in [0.1, 0.15) is 0 Å². The van der Waals surface area contributed by atoms with Crippen molar-refractivity contribution in [3.8, 4) is 5.75 Å². The Labute approximate surface area is 192 Å². The lowest BCUT2D eigenvalue weighted by Crippen LogP contribution is -2.49. The maximum absolute atomic E-state index is 14.5. The van der Waals surface area contributed by atoms with E-state index in [-0.39, 0.29) is 19.0 Å². The lowest BCUT2D eigenvalue weighted by molar-refractivity contribution is -0.159. The summed E-state index contributed by atoms with van der Waals surface area (Å²) >= 11 is 1.43. The van der Waals surface area contributed by atoms with Gasteiger partial charge in [-0.1, -0.05) is 23.5 Å². The van der Waals surface area contributed by atoms with Crippen LogP contribution in [0, 0.1) is 5.82 Å². The van der Waals surface area contributed by atoms with E-state index in [1.165, 1.54) is 23.5 Å². The molecule has 0 bridgehead atoms. The summed E-state index contributed by atoms with van der Waals surface area (Å²) in [4.78, 5) is 40.4. The molecule has 3 rings (SSSR count). The van der Waals surface area contributed by atoms with E-state index in [2.05, 4.69) is 15.6 Å². The van der Waals surface area contributed by atoms with Crippen molar-refractivity contribution in [1.82, 2.24) is 10.3 Å². The van der Waals surface area contributed by atoms with Crippen molar-refractivity contribution in [3.63, 3.8) is 0 Å². The summed E-state index contributed by atoms with van der Waals surface area (Å²) in [6, 6.07) is 10.1. The van der Waals surface area contributed by atoms with Crippen molar-refractivity contribution in [3.05, 3.63) is 48.3 Å². The fraction of sp³-hybridized carbons (Fsp3) is 0.273. The van der Waals surface area contributed by atoms with Crippen molar-refractivity contribution in [2.75, 3.05) is 25.1 Å². The molecule has 174 valence electrons. The van der Waals surface area contributed by atoms with Gasteiger partial charge in [-0.05, 0) is 38.1 Å². The normalized spacial score (nSPS) is 10.7. The number of hydrogen-bond acceptors (Lipinski definition) is 9. The number of esters is 2. The fourth-order valence-electron chi connectivity index (χ4n) is 2.76. The van der Waals surface area contributed by atoms with Gasteiger partial charge >= 0.3 is 11.9 Å². The largest absolute Gasteiger partial charge is 0.481 e. The number of thiazole rings is 1. The molecule has 9 nitrogen and oxygen atoms in total. The van der Waals surface area contributed by atoms with E-state index in [1.807, 2.05) is 24.3 Å². The summed E-state index contributed by atoms with van der Waals surface area (Å²) in [7, 11) is 0. The maximum atomic E-state index is 14.5. The van der Waals surface area contributed by atoms with E-state index in [9.17, 15) is 18.8 Å². The van der Waals surface area contributed by atoms with Gasteiger partial charge in [0, 0.05) is 11.8 Å². The number of amides is 1. The first-order chi connectivity index (χ1) is 15.9. The minimum atomic E-state index is -1.63. The molecule has 0 atom stereocenters. The van der Waals surface area contributed by atoms with E-state index in [0.29, 0.717) is 10.8 Å². The number of fused-ring (bicyclic) bond motifs is 1. The Balaban J connectivity index is 1.59. The molecule has 0 aliphatic carbocycles. The number of nitrogens with one attached hydrogen (secondary N) is 2. The molecular weight excluding hydrogens is 453 g/mol. The first-order valence-electron chi connectivity index (χ1n) is 10.1. The van der Waals surface area contributed by atoms with Crippen LogP contribution in [-0.4, -0.2) is 48.7 Å².